The molecule has 1 unspecified atom stereocenters. The van der Waals surface area contributed by atoms with E-state index >= 15 is 0 Å². The Morgan fingerprint density at radius 2 is 2.13 bits per heavy atom. The van der Waals surface area contributed by atoms with Gasteiger partial charge < -0.3 is 15.2 Å². The Balaban J connectivity index is 1.96. The van der Waals surface area contributed by atoms with E-state index in [1.165, 1.54) is 0 Å². The fourth-order valence-electron chi connectivity index (χ4n) is 2.98. The smallest absolute Gasteiger partial charge is 0.131 e. The van der Waals surface area contributed by atoms with Crippen molar-refractivity contribution >= 4 is 39.9 Å². The molecule has 0 saturated carbocycles. The lowest BCUT2D eigenvalue weighted by Crippen LogP contribution is -2.27. The zero-order chi connectivity index (χ0) is 16.0. The molecule has 0 amide bonds. The first-order chi connectivity index (χ1) is 11.1. The van der Waals surface area contributed by atoms with Crippen molar-refractivity contribution in [3.8, 4) is 5.69 Å². The number of pyridine rings is 1. The second-order valence-electron chi connectivity index (χ2n) is 5.72. The van der Waals surface area contributed by atoms with E-state index in [0.29, 0.717) is 15.6 Å². The second-order valence-corrected chi connectivity index (χ2v) is 6.51. The van der Waals surface area contributed by atoms with Crippen molar-refractivity contribution in [2.75, 3.05) is 18.0 Å². The van der Waals surface area contributed by atoms with Crippen LogP contribution in [0.2, 0.25) is 10.0 Å². The molecule has 0 radical (unpaired) electrons. The van der Waals surface area contributed by atoms with E-state index in [1.807, 2.05) is 22.9 Å². The molecule has 2 aromatic heterocycles. The fourth-order valence-corrected chi connectivity index (χ4v) is 3.33. The van der Waals surface area contributed by atoms with Gasteiger partial charge in [0, 0.05) is 43.0 Å². The predicted molar refractivity (Wildman–Crippen MR) is 93.7 cm³/mol. The fraction of sp³-hybridized carbons (Fsp3) is 0.250. The molecule has 1 atom stereocenters. The van der Waals surface area contributed by atoms with Crippen LogP contribution in [0.1, 0.15) is 6.42 Å². The van der Waals surface area contributed by atoms with Gasteiger partial charge in [0.15, 0.2) is 0 Å². The molecule has 23 heavy (non-hydrogen) atoms. The minimum atomic E-state index is 0.180. The monoisotopic (exact) mass is 347 g/mol. The first-order valence-electron chi connectivity index (χ1n) is 7.41. The molecule has 1 fully saturated rings. The van der Waals surface area contributed by atoms with Crippen LogP contribution in [0.15, 0.2) is 36.9 Å². The lowest BCUT2D eigenvalue weighted by Gasteiger charge is -2.20. The van der Waals surface area contributed by atoms with E-state index in [1.54, 1.807) is 18.6 Å². The average Bonchev–Trinajstić information content (AvgIpc) is 3.21. The van der Waals surface area contributed by atoms with Gasteiger partial charge >= 0.3 is 0 Å². The molecule has 1 aliphatic rings. The summed E-state index contributed by atoms with van der Waals surface area (Å²) in [4.78, 5) is 11.1. The number of hydrogen-bond acceptors (Lipinski definition) is 4. The molecule has 0 bridgehead atoms. The first-order valence-corrected chi connectivity index (χ1v) is 8.16. The molecule has 1 aliphatic heterocycles. The molecule has 2 N–H and O–H groups in total. The lowest BCUT2D eigenvalue weighted by atomic mass is 10.1. The molecule has 1 saturated heterocycles. The third kappa shape index (κ3) is 2.55. The van der Waals surface area contributed by atoms with Gasteiger partial charge in [0.05, 0.1) is 27.6 Å². The SMILES string of the molecule is NC1CCN(c2cc(-n3ccnc3)c3ccc(Cl)c(Cl)c3n2)C1. The number of nitrogens with two attached hydrogens (primary N) is 1. The number of halogens is 2. The summed E-state index contributed by atoms with van der Waals surface area (Å²) in [6.07, 6.45) is 6.37. The number of benzene rings is 1. The Bertz CT molecular complexity index is 863. The molecule has 5 nitrogen and oxygen atoms in total. The Hall–Kier alpha value is -1.82. The summed E-state index contributed by atoms with van der Waals surface area (Å²) in [5, 5.41) is 1.90. The van der Waals surface area contributed by atoms with Crippen LogP contribution >= 0.6 is 23.2 Å². The molecule has 0 spiro atoms. The zero-order valence-electron chi connectivity index (χ0n) is 12.3. The highest BCUT2D eigenvalue weighted by Gasteiger charge is 2.22. The van der Waals surface area contributed by atoms with Crippen LogP contribution in [-0.2, 0) is 0 Å². The van der Waals surface area contributed by atoms with Gasteiger partial charge in [0.25, 0.3) is 0 Å². The van der Waals surface area contributed by atoms with E-state index in [9.17, 15) is 0 Å². The van der Waals surface area contributed by atoms with Crippen molar-refractivity contribution in [1.82, 2.24) is 14.5 Å². The number of aromatic nitrogens is 3. The highest BCUT2D eigenvalue weighted by atomic mass is 35.5. The van der Waals surface area contributed by atoms with Crippen molar-refractivity contribution in [2.45, 2.75) is 12.5 Å². The molecule has 118 valence electrons. The minimum absolute atomic E-state index is 0.180. The summed E-state index contributed by atoms with van der Waals surface area (Å²) >= 11 is 12.6. The van der Waals surface area contributed by atoms with E-state index in [4.69, 9.17) is 33.9 Å². The van der Waals surface area contributed by atoms with Crippen LogP contribution in [0, 0.1) is 0 Å². The number of nitrogens with zero attached hydrogens (tertiary/aromatic N) is 4. The van der Waals surface area contributed by atoms with Crippen LogP contribution in [0.5, 0.6) is 0 Å². The Morgan fingerprint density at radius 1 is 1.26 bits per heavy atom. The maximum Gasteiger partial charge on any atom is 0.131 e. The normalized spacial score (nSPS) is 18.0. The molecular formula is C16H15Cl2N5. The summed E-state index contributed by atoms with van der Waals surface area (Å²) in [7, 11) is 0. The largest absolute Gasteiger partial charge is 0.355 e. The van der Waals surface area contributed by atoms with E-state index in [0.717, 1.165) is 36.4 Å². The standard InChI is InChI=1S/C16H15Cl2N5/c17-12-2-1-11-13(23-6-4-20-9-23)7-14(21-16(11)15(12)18)22-5-3-10(19)8-22/h1-2,4,6-7,9-10H,3,5,8,19H2. The van der Waals surface area contributed by atoms with Crippen molar-refractivity contribution in [1.29, 1.82) is 0 Å². The van der Waals surface area contributed by atoms with Gasteiger partial charge in [-0.3, -0.25) is 0 Å². The second kappa shape index (κ2) is 5.67. The highest BCUT2D eigenvalue weighted by molar-refractivity contribution is 6.45. The molecular weight excluding hydrogens is 333 g/mol. The lowest BCUT2D eigenvalue weighted by molar-refractivity contribution is 0.751. The van der Waals surface area contributed by atoms with Crippen molar-refractivity contribution in [2.24, 2.45) is 5.73 Å². The van der Waals surface area contributed by atoms with Crippen LogP contribution in [0.25, 0.3) is 16.6 Å². The first kappa shape index (κ1) is 14.8. The maximum absolute atomic E-state index is 6.40. The van der Waals surface area contributed by atoms with E-state index in [2.05, 4.69) is 9.88 Å². The van der Waals surface area contributed by atoms with E-state index in [-0.39, 0.29) is 6.04 Å². The Labute approximate surface area is 143 Å². The van der Waals surface area contributed by atoms with Gasteiger partial charge in [0.2, 0.25) is 0 Å². The van der Waals surface area contributed by atoms with Crippen molar-refractivity contribution < 1.29 is 0 Å². The zero-order valence-corrected chi connectivity index (χ0v) is 13.8. The number of rotatable bonds is 2. The summed E-state index contributed by atoms with van der Waals surface area (Å²) in [6, 6.07) is 5.95. The molecule has 3 aromatic rings. The van der Waals surface area contributed by atoms with Gasteiger partial charge in [-0.1, -0.05) is 23.2 Å². The Kier molecular flexibility index (Phi) is 3.64. The van der Waals surface area contributed by atoms with Gasteiger partial charge in [-0.25, -0.2) is 9.97 Å². The maximum atomic E-state index is 6.40. The van der Waals surface area contributed by atoms with Crippen LogP contribution in [0.4, 0.5) is 5.82 Å². The number of fused-ring (bicyclic) bond motifs is 1. The summed E-state index contributed by atoms with van der Waals surface area (Å²) in [6.45, 7) is 1.68. The van der Waals surface area contributed by atoms with Crippen LogP contribution in [-0.4, -0.2) is 33.7 Å². The van der Waals surface area contributed by atoms with Gasteiger partial charge in [-0.05, 0) is 18.6 Å². The van der Waals surface area contributed by atoms with E-state index < -0.39 is 0 Å². The summed E-state index contributed by atoms with van der Waals surface area (Å²) < 4.78 is 1.95. The quantitative estimate of drug-likeness (QED) is 0.772. The predicted octanol–water partition coefficient (Wildman–Crippen LogP) is 3.26. The molecule has 1 aromatic carbocycles. The molecule has 4 rings (SSSR count). The van der Waals surface area contributed by atoms with Gasteiger partial charge in [0.1, 0.15) is 5.82 Å². The van der Waals surface area contributed by atoms with Crippen molar-refractivity contribution in [3.63, 3.8) is 0 Å². The van der Waals surface area contributed by atoms with Crippen LogP contribution in [0.3, 0.4) is 0 Å². The highest BCUT2D eigenvalue weighted by Crippen LogP contribution is 2.35. The third-order valence-corrected chi connectivity index (χ3v) is 4.96. The minimum Gasteiger partial charge on any atom is -0.355 e. The Morgan fingerprint density at radius 3 is 2.83 bits per heavy atom. The summed E-state index contributed by atoms with van der Waals surface area (Å²) in [5.74, 6) is 0.860. The molecule has 0 aliphatic carbocycles. The number of hydrogen-bond donors (Lipinski definition) is 1. The summed E-state index contributed by atoms with van der Waals surface area (Å²) in [5.41, 5.74) is 7.70. The average molecular weight is 348 g/mol. The number of anilines is 1. The topological polar surface area (TPSA) is 60.0 Å². The third-order valence-electron chi connectivity index (χ3n) is 4.17. The van der Waals surface area contributed by atoms with Gasteiger partial charge in [-0.15, -0.1) is 0 Å². The molecule has 7 heteroatoms. The van der Waals surface area contributed by atoms with Crippen molar-refractivity contribution in [3.05, 3.63) is 47.0 Å². The number of imidazole rings is 1. The molecule has 3 heterocycles. The van der Waals surface area contributed by atoms with Crippen LogP contribution < -0.4 is 10.6 Å². The van der Waals surface area contributed by atoms with Gasteiger partial charge in [-0.2, -0.15) is 0 Å².